The van der Waals surface area contributed by atoms with Crippen molar-refractivity contribution in [2.45, 2.75) is 13.0 Å². The van der Waals surface area contributed by atoms with Crippen LogP contribution in [0.2, 0.25) is 0 Å². The second-order valence-electron chi connectivity index (χ2n) is 4.78. The molecule has 0 atom stereocenters. The van der Waals surface area contributed by atoms with Crippen molar-refractivity contribution in [2.75, 3.05) is 0 Å². The number of fused-ring (bicyclic) bond motifs is 1. The number of rotatable bonds is 4. The Morgan fingerprint density at radius 1 is 1.14 bits per heavy atom. The molecule has 5 nitrogen and oxygen atoms in total. The van der Waals surface area contributed by atoms with Crippen LogP contribution in [-0.2, 0) is 17.8 Å². The first-order valence-corrected chi connectivity index (χ1v) is 6.69. The van der Waals surface area contributed by atoms with E-state index in [9.17, 15) is 9.90 Å². The van der Waals surface area contributed by atoms with E-state index in [2.05, 4.69) is 15.3 Å². The minimum Gasteiger partial charge on any atom is -0.508 e. The smallest absolute Gasteiger partial charge is 0.224 e. The maximum absolute atomic E-state index is 11.9. The number of phenols is 1. The molecule has 0 fully saturated rings. The largest absolute Gasteiger partial charge is 0.508 e. The van der Waals surface area contributed by atoms with Gasteiger partial charge in [0.1, 0.15) is 11.6 Å². The maximum atomic E-state index is 11.9. The van der Waals surface area contributed by atoms with Gasteiger partial charge in [0.2, 0.25) is 5.91 Å². The molecule has 0 unspecified atom stereocenters. The zero-order valence-corrected chi connectivity index (χ0v) is 11.3. The Morgan fingerprint density at radius 2 is 1.90 bits per heavy atom. The van der Waals surface area contributed by atoms with Crippen molar-refractivity contribution in [1.29, 1.82) is 0 Å². The van der Waals surface area contributed by atoms with Crippen molar-refractivity contribution >= 4 is 16.9 Å². The number of imidazole rings is 1. The van der Waals surface area contributed by atoms with Crippen LogP contribution in [0.3, 0.4) is 0 Å². The highest BCUT2D eigenvalue weighted by Crippen LogP contribution is 2.16. The summed E-state index contributed by atoms with van der Waals surface area (Å²) in [7, 11) is 0. The van der Waals surface area contributed by atoms with E-state index < -0.39 is 0 Å². The summed E-state index contributed by atoms with van der Waals surface area (Å²) in [4.78, 5) is 19.4. The number of amides is 1. The van der Waals surface area contributed by atoms with Crippen molar-refractivity contribution in [3.05, 3.63) is 59.9 Å². The highest BCUT2D eigenvalue weighted by atomic mass is 16.3. The summed E-state index contributed by atoms with van der Waals surface area (Å²) in [6.07, 6.45) is 0.146. The number of nitrogens with zero attached hydrogens (tertiary/aromatic N) is 1. The zero-order valence-electron chi connectivity index (χ0n) is 11.3. The average molecular weight is 281 g/mol. The van der Waals surface area contributed by atoms with Crippen LogP contribution in [0.1, 0.15) is 11.4 Å². The standard InChI is InChI=1S/C16H15N3O2/c20-14-8-4-1-5-11(14)9-16(21)17-10-15-18-12-6-2-3-7-13(12)19-15/h1-8,20H,9-10H2,(H,17,21)(H,18,19). The normalized spacial score (nSPS) is 10.7. The van der Waals surface area contributed by atoms with Gasteiger partial charge >= 0.3 is 0 Å². The molecule has 0 radical (unpaired) electrons. The Labute approximate surface area is 121 Å². The molecule has 21 heavy (non-hydrogen) atoms. The Bertz CT molecular complexity index is 747. The fourth-order valence-corrected chi connectivity index (χ4v) is 2.17. The second-order valence-corrected chi connectivity index (χ2v) is 4.78. The van der Waals surface area contributed by atoms with Gasteiger partial charge in [-0.15, -0.1) is 0 Å². The SMILES string of the molecule is O=C(Cc1ccccc1O)NCc1nc2ccccc2[nH]1. The third kappa shape index (κ3) is 3.02. The predicted molar refractivity (Wildman–Crippen MR) is 79.8 cm³/mol. The first kappa shape index (κ1) is 13.2. The number of aromatic hydroxyl groups is 1. The summed E-state index contributed by atoms with van der Waals surface area (Å²) in [6.45, 7) is 0.334. The molecule has 2 aromatic carbocycles. The minimum atomic E-state index is -0.156. The summed E-state index contributed by atoms with van der Waals surface area (Å²) in [5.74, 6) is 0.690. The van der Waals surface area contributed by atoms with Crippen molar-refractivity contribution < 1.29 is 9.90 Å². The molecule has 1 aromatic heterocycles. The van der Waals surface area contributed by atoms with Crippen LogP contribution in [0.15, 0.2) is 48.5 Å². The van der Waals surface area contributed by atoms with Crippen LogP contribution in [0, 0.1) is 0 Å². The fourth-order valence-electron chi connectivity index (χ4n) is 2.17. The van der Waals surface area contributed by atoms with E-state index in [1.165, 1.54) is 0 Å². The number of phenolic OH excluding ortho intramolecular Hbond substituents is 1. The first-order chi connectivity index (χ1) is 10.2. The monoisotopic (exact) mass is 281 g/mol. The number of carbonyl (C=O) groups is 1. The number of para-hydroxylation sites is 3. The van der Waals surface area contributed by atoms with E-state index in [0.29, 0.717) is 17.9 Å². The van der Waals surface area contributed by atoms with Crippen LogP contribution in [0.5, 0.6) is 5.75 Å². The number of hydrogen-bond donors (Lipinski definition) is 3. The first-order valence-electron chi connectivity index (χ1n) is 6.69. The Kier molecular flexibility index (Phi) is 3.55. The lowest BCUT2D eigenvalue weighted by Crippen LogP contribution is -2.25. The lowest BCUT2D eigenvalue weighted by Gasteiger charge is -2.05. The molecule has 0 saturated heterocycles. The van der Waals surface area contributed by atoms with Gasteiger partial charge in [0.05, 0.1) is 24.0 Å². The second kappa shape index (κ2) is 5.66. The van der Waals surface area contributed by atoms with Crippen LogP contribution < -0.4 is 5.32 Å². The van der Waals surface area contributed by atoms with Gasteiger partial charge in [-0.2, -0.15) is 0 Å². The lowest BCUT2D eigenvalue weighted by molar-refractivity contribution is -0.120. The van der Waals surface area contributed by atoms with Gasteiger partial charge in [0, 0.05) is 5.56 Å². The molecule has 0 aliphatic carbocycles. The summed E-state index contributed by atoms with van der Waals surface area (Å²) < 4.78 is 0. The molecule has 0 aliphatic rings. The van der Waals surface area contributed by atoms with E-state index in [1.807, 2.05) is 24.3 Å². The molecule has 0 spiro atoms. The number of carbonyl (C=O) groups excluding carboxylic acids is 1. The number of nitrogens with one attached hydrogen (secondary N) is 2. The third-order valence-corrected chi connectivity index (χ3v) is 3.23. The molecule has 0 bridgehead atoms. The van der Waals surface area contributed by atoms with Gasteiger partial charge in [0.15, 0.2) is 0 Å². The quantitative estimate of drug-likeness (QED) is 0.685. The number of hydrogen-bond acceptors (Lipinski definition) is 3. The van der Waals surface area contributed by atoms with Gasteiger partial charge in [-0.3, -0.25) is 4.79 Å². The van der Waals surface area contributed by atoms with Gasteiger partial charge < -0.3 is 15.4 Å². The molecule has 3 rings (SSSR count). The van der Waals surface area contributed by atoms with Crippen molar-refractivity contribution in [1.82, 2.24) is 15.3 Å². The third-order valence-electron chi connectivity index (χ3n) is 3.23. The van der Waals surface area contributed by atoms with Crippen molar-refractivity contribution in [2.24, 2.45) is 0 Å². The summed E-state index contributed by atoms with van der Waals surface area (Å²) in [6, 6.07) is 14.5. The van der Waals surface area contributed by atoms with Gasteiger partial charge in [-0.1, -0.05) is 30.3 Å². The topological polar surface area (TPSA) is 78.0 Å². The molecule has 1 heterocycles. The van der Waals surface area contributed by atoms with Crippen molar-refractivity contribution in [3.8, 4) is 5.75 Å². The Morgan fingerprint density at radius 3 is 2.71 bits per heavy atom. The summed E-state index contributed by atoms with van der Waals surface area (Å²) in [5.41, 5.74) is 2.43. The molecule has 1 amide bonds. The van der Waals surface area contributed by atoms with Crippen LogP contribution >= 0.6 is 0 Å². The summed E-state index contributed by atoms with van der Waals surface area (Å²) in [5, 5.41) is 12.4. The lowest BCUT2D eigenvalue weighted by atomic mass is 10.1. The minimum absolute atomic E-state index is 0.136. The molecule has 5 heteroatoms. The molecule has 3 N–H and O–H groups in total. The highest BCUT2D eigenvalue weighted by Gasteiger charge is 2.08. The van der Waals surface area contributed by atoms with Crippen LogP contribution in [0.4, 0.5) is 0 Å². The molecule has 0 aliphatic heterocycles. The number of aromatic amines is 1. The van der Waals surface area contributed by atoms with E-state index >= 15 is 0 Å². The molecule has 0 saturated carbocycles. The molecular weight excluding hydrogens is 266 g/mol. The number of aromatic nitrogens is 2. The van der Waals surface area contributed by atoms with Crippen molar-refractivity contribution in [3.63, 3.8) is 0 Å². The van der Waals surface area contributed by atoms with E-state index in [-0.39, 0.29) is 18.1 Å². The van der Waals surface area contributed by atoms with Crippen LogP contribution in [-0.4, -0.2) is 21.0 Å². The molecule has 3 aromatic rings. The van der Waals surface area contributed by atoms with Gasteiger partial charge in [-0.25, -0.2) is 4.98 Å². The molecular formula is C16H15N3O2. The van der Waals surface area contributed by atoms with Crippen LogP contribution in [0.25, 0.3) is 11.0 Å². The number of H-pyrrole nitrogens is 1. The maximum Gasteiger partial charge on any atom is 0.224 e. The highest BCUT2D eigenvalue weighted by molar-refractivity contribution is 5.79. The van der Waals surface area contributed by atoms with Gasteiger partial charge in [-0.05, 0) is 18.2 Å². The fraction of sp³-hybridized carbons (Fsp3) is 0.125. The van der Waals surface area contributed by atoms with E-state index in [1.54, 1.807) is 24.3 Å². The Hall–Kier alpha value is -2.82. The number of benzene rings is 2. The van der Waals surface area contributed by atoms with Gasteiger partial charge in [0.25, 0.3) is 0 Å². The van der Waals surface area contributed by atoms with E-state index in [4.69, 9.17) is 0 Å². The van der Waals surface area contributed by atoms with E-state index in [0.717, 1.165) is 11.0 Å². The average Bonchev–Trinajstić information content (AvgIpc) is 2.90. The Balaban J connectivity index is 1.62. The molecule has 106 valence electrons. The summed E-state index contributed by atoms with van der Waals surface area (Å²) >= 11 is 0. The predicted octanol–water partition coefficient (Wildman–Crippen LogP) is 2.13. The zero-order chi connectivity index (χ0) is 14.7.